The minimum absolute atomic E-state index is 0.0152. The molecule has 1 aromatic carbocycles. The molecule has 3 rings (SSSR count). The van der Waals surface area contributed by atoms with E-state index in [-0.39, 0.29) is 17.9 Å². The molecule has 0 aliphatic heterocycles. The number of nitrogens with zero attached hydrogens (tertiary/aromatic N) is 1. The summed E-state index contributed by atoms with van der Waals surface area (Å²) >= 11 is 7.79. The predicted molar refractivity (Wildman–Crippen MR) is 96.0 cm³/mol. The molecule has 4 nitrogen and oxygen atoms in total. The Morgan fingerprint density at radius 1 is 1.30 bits per heavy atom. The highest BCUT2D eigenvalue weighted by molar-refractivity contribution is 7.14. The molecular weight excluding hydrogens is 330 g/mol. The third-order valence-corrected chi connectivity index (χ3v) is 5.42. The maximum absolute atomic E-state index is 12.1. The summed E-state index contributed by atoms with van der Waals surface area (Å²) in [5.41, 5.74) is 1.81. The van der Waals surface area contributed by atoms with Gasteiger partial charge in [0.15, 0.2) is 5.13 Å². The molecule has 0 saturated heterocycles. The number of benzene rings is 1. The van der Waals surface area contributed by atoms with Crippen molar-refractivity contribution in [3.05, 3.63) is 34.7 Å². The van der Waals surface area contributed by atoms with Crippen molar-refractivity contribution in [2.45, 2.75) is 31.7 Å². The van der Waals surface area contributed by atoms with Crippen LogP contribution in [-0.2, 0) is 4.79 Å². The molecule has 1 saturated carbocycles. The van der Waals surface area contributed by atoms with E-state index in [1.807, 2.05) is 29.6 Å². The van der Waals surface area contributed by atoms with Crippen LogP contribution in [0.3, 0.4) is 0 Å². The first-order valence-corrected chi connectivity index (χ1v) is 9.13. The lowest BCUT2D eigenvalue weighted by atomic mass is 9.84. The Morgan fingerprint density at radius 3 is 2.87 bits per heavy atom. The zero-order valence-corrected chi connectivity index (χ0v) is 14.6. The summed E-state index contributed by atoms with van der Waals surface area (Å²) in [6.07, 6.45) is 4.19. The number of thiazole rings is 1. The van der Waals surface area contributed by atoms with Crippen LogP contribution in [-0.4, -0.2) is 24.0 Å². The number of hydrogen-bond donors (Lipinski definition) is 2. The summed E-state index contributed by atoms with van der Waals surface area (Å²) in [5, 5.41) is 9.78. The summed E-state index contributed by atoms with van der Waals surface area (Å²) in [4.78, 5) is 16.7. The summed E-state index contributed by atoms with van der Waals surface area (Å²) in [6.45, 7) is 0. The van der Waals surface area contributed by atoms with E-state index in [1.165, 1.54) is 0 Å². The number of aromatic nitrogens is 1. The zero-order chi connectivity index (χ0) is 16.2. The molecule has 0 spiro atoms. The Kier molecular flexibility index (Phi) is 5.18. The zero-order valence-electron chi connectivity index (χ0n) is 13.0. The number of nitrogens with one attached hydrogen (secondary N) is 2. The van der Waals surface area contributed by atoms with Crippen molar-refractivity contribution in [2.75, 3.05) is 12.4 Å². The van der Waals surface area contributed by atoms with Crippen molar-refractivity contribution in [3.63, 3.8) is 0 Å². The molecule has 1 aliphatic carbocycles. The number of amides is 1. The highest BCUT2D eigenvalue weighted by Crippen LogP contribution is 2.33. The van der Waals surface area contributed by atoms with Gasteiger partial charge in [0.2, 0.25) is 5.91 Å². The number of halogens is 1. The van der Waals surface area contributed by atoms with Crippen LogP contribution in [0, 0.1) is 5.92 Å². The minimum Gasteiger partial charge on any atom is -0.359 e. The lowest BCUT2D eigenvalue weighted by Crippen LogP contribution is -2.41. The molecule has 0 bridgehead atoms. The van der Waals surface area contributed by atoms with E-state index in [4.69, 9.17) is 11.6 Å². The van der Waals surface area contributed by atoms with E-state index in [0.29, 0.717) is 5.02 Å². The lowest BCUT2D eigenvalue weighted by Gasteiger charge is -2.30. The van der Waals surface area contributed by atoms with Crippen molar-refractivity contribution in [2.24, 2.45) is 5.92 Å². The molecule has 0 radical (unpaired) electrons. The second kappa shape index (κ2) is 7.32. The maximum atomic E-state index is 12.1. The third kappa shape index (κ3) is 3.67. The van der Waals surface area contributed by atoms with Crippen LogP contribution >= 0.6 is 22.9 Å². The molecule has 1 fully saturated rings. The van der Waals surface area contributed by atoms with Crippen LogP contribution in [0.5, 0.6) is 0 Å². The molecule has 1 aliphatic rings. The average Bonchev–Trinajstić information content (AvgIpc) is 3.03. The normalized spacial score (nSPS) is 21.0. The number of hydrogen-bond acceptors (Lipinski definition) is 4. The average molecular weight is 350 g/mol. The first-order valence-electron chi connectivity index (χ1n) is 7.87. The first kappa shape index (κ1) is 16.3. The second-order valence-corrected chi connectivity index (χ2v) is 7.04. The molecule has 1 heterocycles. The number of carbonyl (C=O) groups is 1. The summed E-state index contributed by atoms with van der Waals surface area (Å²) in [5.74, 6) is 0.131. The van der Waals surface area contributed by atoms with Crippen molar-refractivity contribution in [1.29, 1.82) is 0 Å². The fourth-order valence-corrected chi connectivity index (χ4v) is 4.10. The van der Waals surface area contributed by atoms with E-state index < -0.39 is 0 Å². The molecule has 2 atom stereocenters. The summed E-state index contributed by atoms with van der Waals surface area (Å²) < 4.78 is 0. The Morgan fingerprint density at radius 2 is 2.09 bits per heavy atom. The first-order chi connectivity index (χ1) is 11.2. The van der Waals surface area contributed by atoms with Crippen LogP contribution in [0.4, 0.5) is 5.13 Å². The second-order valence-electron chi connectivity index (χ2n) is 5.77. The molecule has 122 valence electrons. The van der Waals surface area contributed by atoms with Gasteiger partial charge in [-0.3, -0.25) is 4.79 Å². The van der Waals surface area contributed by atoms with Gasteiger partial charge in [-0.1, -0.05) is 42.6 Å². The van der Waals surface area contributed by atoms with Gasteiger partial charge in [-0.15, -0.1) is 11.3 Å². The van der Waals surface area contributed by atoms with Crippen LogP contribution < -0.4 is 10.6 Å². The molecule has 2 N–H and O–H groups in total. The molecule has 1 amide bonds. The highest BCUT2D eigenvalue weighted by Gasteiger charge is 2.30. The Bertz CT molecular complexity index is 688. The van der Waals surface area contributed by atoms with Crippen LogP contribution in [0.2, 0.25) is 5.02 Å². The standard InChI is InChI=1S/C17H20ClN3OS/c1-19-16(22)12-7-3-5-9-14(12)20-17-21-15(10-23-17)11-6-2-4-8-13(11)18/h2,4,6,8,10,12,14H,3,5,7,9H2,1H3,(H,19,22)(H,20,21). The quantitative estimate of drug-likeness (QED) is 0.870. The Balaban J connectivity index is 1.75. The molecule has 2 unspecified atom stereocenters. The van der Waals surface area contributed by atoms with Gasteiger partial charge in [0.05, 0.1) is 11.6 Å². The van der Waals surface area contributed by atoms with Crippen molar-refractivity contribution in [1.82, 2.24) is 10.3 Å². The molecular formula is C17H20ClN3OS. The maximum Gasteiger partial charge on any atom is 0.224 e. The predicted octanol–water partition coefficient (Wildman–Crippen LogP) is 4.18. The largest absolute Gasteiger partial charge is 0.359 e. The number of carbonyl (C=O) groups excluding carboxylic acids is 1. The SMILES string of the molecule is CNC(=O)C1CCCCC1Nc1nc(-c2ccccc2Cl)cs1. The summed E-state index contributed by atoms with van der Waals surface area (Å²) in [7, 11) is 1.70. The van der Waals surface area contributed by atoms with Gasteiger partial charge in [0, 0.05) is 29.1 Å². The smallest absolute Gasteiger partial charge is 0.224 e. The van der Waals surface area contributed by atoms with Crippen LogP contribution in [0.1, 0.15) is 25.7 Å². The van der Waals surface area contributed by atoms with Crippen LogP contribution in [0.25, 0.3) is 11.3 Å². The minimum atomic E-state index is 0.0152. The van der Waals surface area contributed by atoms with Gasteiger partial charge in [0.25, 0.3) is 0 Å². The lowest BCUT2D eigenvalue weighted by molar-refractivity contribution is -0.125. The van der Waals surface area contributed by atoms with Crippen molar-refractivity contribution >= 4 is 34.0 Å². The molecule has 2 aromatic rings. The van der Waals surface area contributed by atoms with Gasteiger partial charge >= 0.3 is 0 Å². The Hall–Kier alpha value is -1.59. The van der Waals surface area contributed by atoms with Crippen LogP contribution in [0.15, 0.2) is 29.6 Å². The molecule has 23 heavy (non-hydrogen) atoms. The van der Waals surface area contributed by atoms with E-state index in [1.54, 1.807) is 18.4 Å². The number of anilines is 1. The van der Waals surface area contributed by atoms with Crippen molar-refractivity contribution < 1.29 is 4.79 Å². The third-order valence-electron chi connectivity index (χ3n) is 4.31. The fourth-order valence-electron chi connectivity index (χ4n) is 3.09. The molecule has 6 heteroatoms. The molecule has 1 aromatic heterocycles. The monoisotopic (exact) mass is 349 g/mol. The van der Waals surface area contributed by atoms with Gasteiger partial charge in [-0.25, -0.2) is 4.98 Å². The van der Waals surface area contributed by atoms with Gasteiger partial charge in [-0.2, -0.15) is 0 Å². The summed E-state index contributed by atoms with van der Waals surface area (Å²) in [6, 6.07) is 7.85. The van der Waals surface area contributed by atoms with E-state index >= 15 is 0 Å². The van der Waals surface area contributed by atoms with E-state index in [2.05, 4.69) is 15.6 Å². The number of rotatable bonds is 4. The fraction of sp³-hybridized carbons (Fsp3) is 0.412. The van der Waals surface area contributed by atoms with E-state index in [0.717, 1.165) is 42.1 Å². The van der Waals surface area contributed by atoms with Gasteiger partial charge in [-0.05, 0) is 18.9 Å². The topological polar surface area (TPSA) is 54.0 Å². The Labute approximate surface area is 145 Å². The van der Waals surface area contributed by atoms with E-state index in [9.17, 15) is 4.79 Å². The van der Waals surface area contributed by atoms with Gasteiger partial charge < -0.3 is 10.6 Å². The highest BCUT2D eigenvalue weighted by atomic mass is 35.5. The van der Waals surface area contributed by atoms with Gasteiger partial charge in [0.1, 0.15) is 0 Å². The van der Waals surface area contributed by atoms with Crippen molar-refractivity contribution in [3.8, 4) is 11.3 Å².